The standard InChI is InChI=1S/2C16H21.2ClH.Zr/c2*1-4-6-13-10-14(7-5-2)16-9-12(3)8-15(16)11-13;;;/h2*8-11H,4-7H2,1-3H3;2*1H;/q2*-1;;;+4/p-2. The van der Waals surface area contributed by atoms with Crippen molar-refractivity contribution in [3.63, 3.8) is 0 Å². The van der Waals surface area contributed by atoms with Crippen molar-refractivity contribution >= 4 is 21.5 Å². The van der Waals surface area contributed by atoms with Gasteiger partial charge < -0.3 is 24.8 Å². The fourth-order valence-electron chi connectivity index (χ4n) is 5.05. The van der Waals surface area contributed by atoms with E-state index in [1.165, 1.54) is 106 Å². The molecule has 3 heteroatoms. The summed E-state index contributed by atoms with van der Waals surface area (Å²) in [5.74, 6) is 0. The van der Waals surface area contributed by atoms with Gasteiger partial charge in [0, 0.05) is 0 Å². The topological polar surface area (TPSA) is 0 Å². The molecule has 0 saturated carbocycles. The molecule has 0 amide bonds. The van der Waals surface area contributed by atoms with Gasteiger partial charge in [0.25, 0.3) is 0 Å². The molecule has 0 aliphatic carbocycles. The van der Waals surface area contributed by atoms with Gasteiger partial charge in [-0.05, 0) is 25.7 Å². The maximum absolute atomic E-state index is 2.41. The van der Waals surface area contributed by atoms with Gasteiger partial charge >= 0.3 is 26.2 Å². The normalized spacial score (nSPS) is 10.2. The Balaban J connectivity index is 0.000000608. The molecule has 0 unspecified atom stereocenters. The van der Waals surface area contributed by atoms with E-state index in [0.29, 0.717) is 0 Å². The molecule has 0 aliphatic rings. The molecule has 188 valence electrons. The molecule has 0 nitrogen and oxygen atoms in total. The van der Waals surface area contributed by atoms with Crippen molar-refractivity contribution in [3.05, 3.63) is 81.9 Å². The van der Waals surface area contributed by atoms with E-state index in [-0.39, 0.29) is 51.0 Å². The van der Waals surface area contributed by atoms with Crippen LogP contribution < -0.4 is 24.8 Å². The second-order valence-electron chi connectivity index (χ2n) is 9.58. The summed E-state index contributed by atoms with van der Waals surface area (Å²) < 4.78 is 0. The van der Waals surface area contributed by atoms with Crippen LogP contribution in [0.3, 0.4) is 0 Å². The molecule has 0 saturated heterocycles. The average molecular weight is 589 g/mol. The molecular formula is C32H42Cl2Zr. The van der Waals surface area contributed by atoms with E-state index in [0.717, 1.165) is 0 Å². The molecule has 35 heavy (non-hydrogen) atoms. The number of rotatable bonds is 8. The molecule has 0 atom stereocenters. The van der Waals surface area contributed by atoms with Crippen molar-refractivity contribution in [2.45, 2.75) is 92.9 Å². The molecule has 0 aliphatic heterocycles. The SMILES string of the molecule is CCCc1cc(CCC)c2cc(C)[cH-]c2c1.CCCc1cc(CCC)c2cc(C)[cH-]c2c1.[Cl-].[Cl-].[Zr+4]. The minimum Gasteiger partial charge on any atom is -1.00 e. The first kappa shape index (κ1) is 34.1. The third-order valence-electron chi connectivity index (χ3n) is 6.34. The number of hydrogen-bond donors (Lipinski definition) is 0. The number of hydrogen-bond acceptors (Lipinski definition) is 0. The number of fused-ring (bicyclic) bond motifs is 2. The molecule has 0 N–H and O–H groups in total. The maximum atomic E-state index is 2.41. The van der Waals surface area contributed by atoms with E-state index in [4.69, 9.17) is 0 Å². The van der Waals surface area contributed by atoms with E-state index in [1.807, 2.05) is 0 Å². The van der Waals surface area contributed by atoms with Crippen LogP contribution in [0.4, 0.5) is 0 Å². The monoisotopic (exact) mass is 586 g/mol. The van der Waals surface area contributed by atoms with Gasteiger partial charge in [-0.1, -0.05) is 102 Å². The zero-order valence-electron chi connectivity index (χ0n) is 22.5. The molecule has 0 bridgehead atoms. The fourth-order valence-corrected chi connectivity index (χ4v) is 5.05. The van der Waals surface area contributed by atoms with Crippen LogP contribution in [0.1, 0.15) is 86.8 Å². The molecule has 0 aromatic heterocycles. The molecule has 0 fully saturated rings. The van der Waals surface area contributed by atoms with Gasteiger partial charge in [0.2, 0.25) is 0 Å². The van der Waals surface area contributed by atoms with E-state index < -0.39 is 0 Å². The van der Waals surface area contributed by atoms with E-state index in [2.05, 4.69) is 90.1 Å². The Kier molecular flexibility index (Phi) is 16.4. The van der Waals surface area contributed by atoms with Crippen LogP contribution in [0.5, 0.6) is 0 Å². The van der Waals surface area contributed by atoms with Gasteiger partial charge in [-0.25, -0.2) is 0 Å². The van der Waals surface area contributed by atoms with Crippen LogP contribution in [0, 0.1) is 13.8 Å². The summed E-state index contributed by atoms with van der Waals surface area (Å²) >= 11 is 0. The van der Waals surface area contributed by atoms with Gasteiger partial charge in [-0.3, -0.25) is 0 Å². The smallest absolute Gasteiger partial charge is 1.00 e. The summed E-state index contributed by atoms with van der Waals surface area (Å²) in [6.45, 7) is 13.4. The Morgan fingerprint density at radius 1 is 0.514 bits per heavy atom. The first-order valence-corrected chi connectivity index (χ1v) is 12.9. The van der Waals surface area contributed by atoms with Crippen molar-refractivity contribution in [2.75, 3.05) is 0 Å². The van der Waals surface area contributed by atoms with Gasteiger partial charge in [0.15, 0.2) is 0 Å². The Morgan fingerprint density at radius 3 is 1.17 bits per heavy atom. The Hall–Kier alpha value is -0.877. The van der Waals surface area contributed by atoms with E-state index in [1.54, 1.807) is 0 Å². The van der Waals surface area contributed by atoms with Crippen molar-refractivity contribution in [1.82, 2.24) is 0 Å². The summed E-state index contributed by atoms with van der Waals surface area (Å²) in [5, 5.41) is 5.82. The first-order chi connectivity index (χ1) is 15.5. The van der Waals surface area contributed by atoms with E-state index in [9.17, 15) is 0 Å². The van der Waals surface area contributed by atoms with Crippen LogP contribution in [0.15, 0.2) is 48.5 Å². The molecule has 4 aromatic rings. The fraction of sp³-hybridized carbons (Fsp3) is 0.438. The average Bonchev–Trinajstić information content (AvgIpc) is 3.31. The molecule has 0 heterocycles. The Labute approximate surface area is 246 Å². The van der Waals surface area contributed by atoms with Crippen molar-refractivity contribution in [1.29, 1.82) is 0 Å². The summed E-state index contributed by atoms with van der Waals surface area (Å²) in [6.07, 6.45) is 9.75. The van der Waals surface area contributed by atoms with Crippen LogP contribution in [0.2, 0.25) is 0 Å². The van der Waals surface area contributed by atoms with Gasteiger partial charge in [-0.2, -0.15) is 12.1 Å². The third kappa shape index (κ3) is 9.18. The second-order valence-corrected chi connectivity index (χ2v) is 9.58. The Bertz CT molecular complexity index is 1060. The molecular weight excluding hydrogens is 546 g/mol. The van der Waals surface area contributed by atoms with Crippen molar-refractivity contribution < 1.29 is 51.0 Å². The van der Waals surface area contributed by atoms with Crippen LogP contribution in [-0.4, -0.2) is 0 Å². The van der Waals surface area contributed by atoms with Crippen LogP contribution in [-0.2, 0) is 51.9 Å². The minimum atomic E-state index is 0. The minimum absolute atomic E-state index is 0. The number of benzene rings is 2. The number of aryl methyl sites for hydroxylation is 6. The van der Waals surface area contributed by atoms with Crippen LogP contribution in [0.25, 0.3) is 21.5 Å². The predicted octanol–water partition coefficient (Wildman–Crippen LogP) is 3.55. The summed E-state index contributed by atoms with van der Waals surface area (Å²) in [5.41, 5.74) is 8.86. The predicted molar refractivity (Wildman–Crippen MR) is 145 cm³/mol. The molecule has 0 radical (unpaired) electrons. The third-order valence-corrected chi connectivity index (χ3v) is 6.34. The molecule has 0 spiro atoms. The zero-order valence-corrected chi connectivity index (χ0v) is 26.5. The summed E-state index contributed by atoms with van der Waals surface area (Å²) in [4.78, 5) is 0. The summed E-state index contributed by atoms with van der Waals surface area (Å²) in [7, 11) is 0. The van der Waals surface area contributed by atoms with E-state index >= 15 is 0 Å². The largest absolute Gasteiger partial charge is 4.00 e. The van der Waals surface area contributed by atoms with Gasteiger partial charge in [0.05, 0.1) is 0 Å². The second kappa shape index (κ2) is 16.8. The van der Waals surface area contributed by atoms with Crippen molar-refractivity contribution in [3.8, 4) is 0 Å². The maximum Gasteiger partial charge on any atom is 4.00 e. The first-order valence-electron chi connectivity index (χ1n) is 12.9. The van der Waals surface area contributed by atoms with Gasteiger partial charge in [0.1, 0.15) is 0 Å². The summed E-state index contributed by atoms with van der Waals surface area (Å²) in [6, 6.07) is 18.8. The van der Waals surface area contributed by atoms with Gasteiger partial charge in [-0.15, -0.1) is 56.9 Å². The molecule has 4 rings (SSSR count). The Morgan fingerprint density at radius 2 is 0.857 bits per heavy atom. The van der Waals surface area contributed by atoms with Crippen LogP contribution >= 0.6 is 0 Å². The van der Waals surface area contributed by atoms with Crippen molar-refractivity contribution in [2.24, 2.45) is 0 Å². The number of halogens is 2. The molecule has 4 aromatic carbocycles. The quantitative estimate of drug-likeness (QED) is 0.277. The zero-order chi connectivity index (χ0) is 23.1.